The summed E-state index contributed by atoms with van der Waals surface area (Å²) in [6.45, 7) is 9.67. The molecule has 0 aliphatic heterocycles. The minimum absolute atomic E-state index is 0.0281. The zero-order valence-corrected chi connectivity index (χ0v) is 17.5. The second-order valence-electron chi connectivity index (χ2n) is 8.37. The van der Waals surface area contributed by atoms with Crippen molar-refractivity contribution in [3.8, 4) is 0 Å². The van der Waals surface area contributed by atoms with Gasteiger partial charge >= 0.3 is 0 Å². The van der Waals surface area contributed by atoms with Gasteiger partial charge in [0.25, 0.3) is 0 Å². The van der Waals surface area contributed by atoms with Gasteiger partial charge < -0.3 is 14.2 Å². The highest BCUT2D eigenvalue weighted by atomic mass is 16.3. The normalized spacial score (nSPS) is 11.3. The largest absolute Gasteiger partial charge is 0.467 e. The molecule has 0 spiro atoms. The first-order valence-corrected chi connectivity index (χ1v) is 9.90. The molecule has 0 N–H and O–H groups in total. The van der Waals surface area contributed by atoms with Crippen molar-refractivity contribution in [3.63, 3.8) is 0 Å². The number of benzene rings is 1. The maximum atomic E-state index is 13.1. The molecule has 5 nitrogen and oxygen atoms in total. The number of carbonyl (C=O) groups is 2. The fraction of sp³-hybridized carbons (Fsp3) is 0.478. The summed E-state index contributed by atoms with van der Waals surface area (Å²) >= 11 is 0. The van der Waals surface area contributed by atoms with Gasteiger partial charge in [-0.2, -0.15) is 0 Å². The first-order valence-electron chi connectivity index (χ1n) is 9.90. The van der Waals surface area contributed by atoms with E-state index in [1.165, 1.54) is 0 Å². The quantitative estimate of drug-likeness (QED) is 0.640. The van der Waals surface area contributed by atoms with Crippen LogP contribution in [0.5, 0.6) is 0 Å². The fourth-order valence-electron chi connectivity index (χ4n) is 3.02. The maximum Gasteiger partial charge on any atom is 0.242 e. The molecule has 28 heavy (non-hydrogen) atoms. The molecule has 0 fully saturated rings. The van der Waals surface area contributed by atoms with Crippen LogP contribution in [0.15, 0.2) is 53.1 Å². The van der Waals surface area contributed by atoms with Crippen molar-refractivity contribution in [3.05, 3.63) is 60.1 Å². The lowest BCUT2D eigenvalue weighted by Crippen LogP contribution is -2.43. The molecule has 1 aromatic heterocycles. The molecule has 152 valence electrons. The van der Waals surface area contributed by atoms with Crippen LogP contribution in [0.25, 0.3) is 0 Å². The number of hydrogen-bond donors (Lipinski definition) is 0. The van der Waals surface area contributed by atoms with Crippen LogP contribution in [0.2, 0.25) is 0 Å². The van der Waals surface area contributed by atoms with E-state index in [-0.39, 0.29) is 23.8 Å². The zero-order chi connectivity index (χ0) is 20.6. The topological polar surface area (TPSA) is 53.8 Å². The smallest absolute Gasteiger partial charge is 0.242 e. The van der Waals surface area contributed by atoms with E-state index in [0.29, 0.717) is 26.1 Å². The lowest BCUT2D eigenvalue weighted by molar-refractivity contribution is -0.142. The van der Waals surface area contributed by atoms with Crippen LogP contribution in [-0.2, 0) is 22.7 Å². The Kier molecular flexibility index (Phi) is 7.85. The Hall–Kier alpha value is -2.56. The molecule has 0 unspecified atom stereocenters. The average Bonchev–Trinajstić information content (AvgIpc) is 3.13. The van der Waals surface area contributed by atoms with E-state index in [2.05, 4.69) is 0 Å². The van der Waals surface area contributed by atoms with Crippen LogP contribution >= 0.6 is 0 Å². The molecule has 5 heteroatoms. The molecule has 1 heterocycles. The summed E-state index contributed by atoms with van der Waals surface area (Å²) in [5, 5.41) is 0. The summed E-state index contributed by atoms with van der Waals surface area (Å²) in [6.07, 6.45) is 2.86. The molecule has 0 bridgehead atoms. The van der Waals surface area contributed by atoms with Crippen molar-refractivity contribution in [2.75, 3.05) is 13.1 Å². The van der Waals surface area contributed by atoms with Crippen molar-refractivity contribution < 1.29 is 14.0 Å². The third kappa shape index (κ3) is 7.22. The summed E-state index contributed by atoms with van der Waals surface area (Å²) in [6, 6.07) is 13.5. The van der Waals surface area contributed by atoms with E-state index in [9.17, 15) is 9.59 Å². The van der Waals surface area contributed by atoms with Gasteiger partial charge in [-0.1, -0.05) is 58.0 Å². The zero-order valence-electron chi connectivity index (χ0n) is 17.5. The Labute approximate surface area is 168 Å². The molecular formula is C23H32N2O3. The SMILES string of the molecule is CCCN(CC(=O)N(Cc1ccccc1)Cc1ccco1)C(=O)CC(C)(C)C. The van der Waals surface area contributed by atoms with Crippen LogP contribution < -0.4 is 0 Å². The van der Waals surface area contributed by atoms with E-state index in [4.69, 9.17) is 4.42 Å². The Bertz CT molecular complexity index is 733. The highest BCUT2D eigenvalue weighted by Gasteiger charge is 2.25. The molecule has 2 amide bonds. The molecule has 0 aliphatic carbocycles. The van der Waals surface area contributed by atoms with Gasteiger partial charge in [-0.25, -0.2) is 0 Å². The van der Waals surface area contributed by atoms with Crippen molar-refractivity contribution >= 4 is 11.8 Å². The van der Waals surface area contributed by atoms with Crippen LogP contribution in [-0.4, -0.2) is 34.7 Å². The van der Waals surface area contributed by atoms with E-state index in [0.717, 1.165) is 17.7 Å². The number of furan rings is 1. The van der Waals surface area contributed by atoms with E-state index < -0.39 is 0 Å². The Morgan fingerprint density at radius 1 is 0.929 bits per heavy atom. The monoisotopic (exact) mass is 384 g/mol. The van der Waals surface area contributed by atoms with Gasteiger partial charge in [0, 0.05) is 19.5 Å². The second-order valence-corrected chi connectivity index (χ2v) is 8.37. The van der Waals surface area contributed by atoms with Crippen LogP contribution in [0.3, 0.4) is 0 Å². The highest BCUT2D eigenvalue weighted by Crippen LogP contribution is 2.20. The molecule has 0 aliphatic rings. The number of carbonyl (C=O) groups excluding carboxylic acids is 2. The molecular weight excluding hydrogens is 352 g/mol. The first kappa shape index (κ1) is 21.7. The third-order valence-electron chi connectivity index (χ3n) is 4.35. The van der Waals surface area contributed by atoms with Gasteiger partial charge in [0.15, 0.2) is 0 Å². The van der Waals surface area contributed by atoms with E-state index in [1.54, 1.807) is 16.1 Å². The summed E-state index contributed by atoms with van der Waals surface area (Å²) in [7, 11) is 0. The standard InChI is InChI=1S/C23H32N2O3/c1-5-13-24(21(26)15-23(2,3)4)18-22(27)25(17-20-12-9-14-28-20)16-19-10-7-6-8-11-19/h6-12,14H,5,13,15-18H2,1-4H3. The Morgan fingerprint density at radius 2 is 1.64 bits per heavy atom. The van der Waals surface area contributed by atoms with Gasteiger partial charge in [0.2, 0.25) is 11.8 Å². The Morgan fingerprint density at radius 3 is 2.21 bits per heavy atom. The molecule has 2 aromatic rings. The fourth-order valence-corrected chi connectivity index (χ4v) is 3.02. The minimum atomic E-state index is -0.107. The van der Waals surface area contributed by atoms with Crippen molar-refractivity contribution in [1.82, 2.24) is 9.80 Å². The molecule has 0 saturated carbocycles. The Balaban J connectivity index is 2.13. The van der Waals surface area contributed by atoms with Gasteiger partial charge in [-0.05, 0) is 29.5 Å². The van der Waals surface area contributed by atoms with Crippen molar-refractivity contribution in [2.45, 2.75) is 53.6 Å². The lowest BCUT2D eigenvalue weighted by Gasteiger charge is -2.29. The lowest BCUT2D eigenvalue weighted by atomic mass is 9.91. The van der Waals surface area contributed by atoms with Crippen LogP contribution in [0.4, 0.5) is 0 Å². The summed E-state index contributed by atoms with van der Waals surface area (Å²) in [5.41, 5.74) is 0.940. The second kappa shape index (κ2) is 10.1. The van der Waals surface area contributed by atoms with Crippen molar-refractivity contribution in [1.29, 1.82) is 0 Å². The predicted octanol–water partition coefficient (Wildman–Crippen LogP) is 4.48. The van der Waals surface area contributed by atoms with Crippen molar-refractivity contribution in [2.24, 2.45) is 5.41 Å². The third-order valence-corrected chi connectivity index (χ3v) is 4.35. The number of rotatable bonds is 9. The highest BCUT2D eigenvalue weighted by molar-refractivity contribution is 5.85. The first-order chi connectivity index (χ1) is 13.3. The van der Waals surface area contributed by atoms with Gasteiger partial charge in [0.1, 0.15) is 5.76 Å². The van der Waals surface area contributed by atoms with Gasteiger partial charge in [-0.3, -0.25) is 9.59 Å². The average molecular weight is 385 g/mol. The minimum Gasteiger partial charge on any atom is -0.467 e. The van der Waals surface area contributed by atoms with Gasteiger partial charge in [-0.15, -0.1) is 0 Å². The maximum absolute atomic E-state index is 13.1. The predicted molar refractivity (Wildman–Crippen MR) is 110 cm³/mol. The summed E-state index contributed by atoms with van der Waals surface area (Å²) in [5.74, 6) is 0.684. The number of nitrogens with zero attached hydrogens (tertiary/aromatic N) is 2. The number of hydrogen-bond acceptors (Lipinski definition) is 3. The summed E-state index contributed by atoms with van der Waals surface area (Å²) in [4.78, 5) is 29.3. The molecule has 1 aromatic carbocycles. The summed E-state index contributed by atoms with van der Waals surface area (Å²) < 4.78 is 5.44. The van der Waals surface area contributed by atoms with Crippen LogP contribution in [0.1, 0.15) is 51.9 Å². The number of amides is 2. The van der Waals surface area contributed by atoms with E-state index in [1.807, 2.05) is 70.2 Å². The molecule has 2 rings (SSSR count). The van der Waals surface area contributed by atoms with Crippen LogP contribution in [0, 0.1) is 5.41 Å². The van der Waals surface area contributed by atoms with E-state index >= 15 is 0 Å². The molecule has 0 radical (unpaired) electrons. The van der Waals surface area contributed by atoms with Gasteiger partial charge in [0.05, 0.1) is 19.4 Å². The molecule has 0 saturated heterocycles. The molecule has 0 atom stereocenters.